The zero-order valence-electron chi connectivity index (χ0n) is 10.4. The second-order valence-electron chi connectivity index (χ2n) is 3.98. The van der Waals surface area contributed by atoms with Crippen LogP contribution in [0.1, 0.15) is 25.3 Å². The second kappa shape index (κ2) is 7.06. The maximum absolute atomic E-state index is 13.5. The average molecular weight is 268 g/mol. The highest BCUT2D eigenvalue weighted by Crippen LogP contribution is 2.11. The summed E-state index contributed by atoms with van der Waals surface area (Å²) in [6, 6.07) is 6.43. The van der Waals surface area contributed by atoms with Crippen molar-refractivity contribution in [3.05, 3.63) is 35.6 Å². The highest BCUT2D eigenvalue weighted by atomic mass is 32.1. The molecule has 0 aliphatic rings. The lowest BCUT2D eigenvalue weighted by Gasteiger charge is -2.22. The quantitative estimate of drug-likeness (QED) is 0.805. The molecule has 0 saturated heterocycles. The van der Waals surface area contributed by atoms with Crippen molar-refractivity contribution in [1.82, 2.24) is 4.90 Å². The van der Waals surface area contributed by atoms with Crippen molar-refractivity contribution in [2.24, 2.45) is 5.73 Å². The molecule has 2 N–H and O–H groups in total. The molecule has 0 saturated carbocycles. The first-order chi connectivity index (χ1) is 8.54. The predicted octanol–water partition coefficient (Wildman–Crippen LogP) is 2.24. The molecule has 0 spiro atoms. The third kappa shape index (κ3) is 4.41. The standard InChI is InChI=1S/C13H17FN2OS/c1-2-13(17)16(8-7-12(15)18)9-10-5-3-4-6-11(10)14/h3-6H,2,7-9H2,1H3,(H2,15,18). The number of thiocarbonyl (C=S) groups is 1. The predicted molar refractivity (Wildman–Crippen MR) is 73.5 cm³/mol. The maximum Gasteiger partial charge on any atom is 0.222 e. The summed E-state index contributed by atoms with van der Waals surface area (Å²) in [6.45, 7) is 2.45. The molecule has 0 aliphatic carbocycles. The van der Waals surface area contributed by atoms with Gasteiger partial charge in [-0.25, -0.2) is 4.39 Å². The number of halogens is 1. The molecule has 18 heavy (non-hydrogen) atoms. The van der Waals surface area contributed by atoms with Gasteiger partial charge in [-0.3, -0.25) is 4.79 Å². The van der Waals surface area contributed by atoms with E-state index in [4.69, 9.17) is 18.0 Å². The van der Waals surface area contributed by atoms with E-state index in [1.54, 1.807) is 30.0 Å². The molecule has 0 aliphatic heterocycles. The van der Waals surface area contributed by atoms with Crippen molar-refractivity contribution in [2.75, 3.05) is 6.54 Å². The number of rotatable bonds is 6. The Hall–Kier alpha value is -1.49. The van der Waals surface area contributed by atoms with Crippen LogP contribution in [0.4, 0.5) is 4.39 Å². The summed E-state index contributed by atoms with van der Waals surface area (Å²) < 4.78 is 13.5. The molecule has 1 aromatic carbocycles. The van der Waals surface area contributed by atoms with E-state index >= 15 is 0 Å². The van der Waals surface area contributed by atoms with Gasteiger partial charge in [0.15, 0.2) is 0 Å². The van der Waals surface area contributed by atoms with E-state index in [0.717, 1.165) is 0 Å². The summed E-state index contributed by atoms with van der Waals surface area (Å²) in [7, 11) is 0. The molecule has 0 bridgehead atoms. The number of amides is 1. The Morgan fingerprint density at radius 1 is 1.44 bits per heavy atom. The lowest BCUT2D eigenvalue weighted by Crippen LogP contribution is -2.33. The molecule has 0 unspecified atom stereocenters. The largest absolute Gasteiger partial charge is 0.393 e. The molecular formula is C13H17FN2OS. The second-order valence-corrected chi connectivity index (χ2v) is 4.50. The van der Waals surface area contributed by atoms with E-state index in [1.807, 2.05) is 0 Å². The van der Waals surface area contributed by atoms with Gasteiger partial charge in [-0.1, -0.05) is 37.3 Å². The molecule has 1 amide bonds. The Kier molecular flexibility index (Phi) is 5.71. The number of nitrogens with zero attached hydrogens (tertiary/aromatic N) is 1. The molecule has 0 aromatic heterocycles. The SMILES string of the molecule is CCC(=O)N(CCC(N)=S)Cc1ccccc1F. The van der Waals surface area contributed by atoms with Gasteiger partial charge in [0, 0.05) is 31.5 Å². The van der Waals surface area contributed by atoms with Gasteiger partial charge in [0.25, 0.3) is 0 Å². The van der Waals surface area contributed by atoms with Crippen LogP contribution >= 0.6 is 12.2 Å². The van der Waals surface area contributed by atoms with Crippen LogP contribution in [0, 0.1) is 5.82 Å². The number of carbonyl (C=O) groups is 1. The Labute approximate surface area is 112 Å². The van der Waals surface area contributed by atoms with Gasteiger partial charge in [0.05, 0.1) is 4.99 Å². The van der Waals surface area contributed by atoms with Crippen LogP contribution in [0.2, 0.25) is 0 Å². The Morgan fingerprint density at radius 3 is 2.67 bits per heavy atom. The summed E-state index contributed by atoms with van der Waals surface area (Å²) in [5.41, 5.74) is 5.93. The Morgan fingerprint density at radius 2 is 2.11 bits per heavy atom. The van der Waals surface area contributed by atoms with Gasteiger partial charge in [-0.15, -0.1) is 0 Å². The highest BCUT2D eigenvalue weighted by Gasteiger charge is 2.14. The van der Waals surface area contributed by atoms with Crippen molar-refractivity contribution in [3.8, 4) is 0 Å². The number of nitrogens with two attached hydrogens (primary N) is 1. The van der Waals surface area contributed by atoms with E-state index in [1.165, 1.54) is 6.07 Å². The van der Waals surface area contributed by atoms with Gasteiger partial charge < -0.3 is 10.6 Å². The smallest absolute Gasteiger partial charge is 0.222 e. The lowest BCUT2D eigenvalue weighted by molar-refractivity contribution is -0.131. The number of hydrogen-bond acceptors (Lipinski definition) is 2. The van der Waals surface area contributed by atoms with Gasteiger partial charge >= 0.3 is 0 Å². The van der Waals surface area contributed by atoms with E-state index in [2.05, 4.69) is 0 Å². The van der Waals surface area contributed by atoms with Crippen molar-refractivity contribution >= 4 is 23.1 Å². The third-order valence-corrected chi connectivity index (χ3v) is 2.81. The zero-order valence-corrected chi connectivity index (χ0v) is 11.2. The minimum Gasteiger partial charge on any atom is -0.393 e. The fourth-order valence-electron chi connectivity index (χ4n) is 1.59. The Bertz CT molecular complexity index is 437. The minimum atomic E-state index is -0.304. The number of hydrogen-bond donors (Lipinski definition) is 1. The maximum atomic E-state index is 13.5. The summed E-state index contributed by atoms with van der Waals surface area (Å²) in [4.78, 5) is 13.7. The zero-order chi connectivity index (χ0) is 13.5. The van der Waals surface area contributed by atoms with E-state index in [-0.39, 0.29) is 18.3 Å². The van der Waals surface area contributed by atoms with Crippen LogP contribution in [0.3, 0.4) is 0 Å². The first kappa shape index (κ1) is 14.6. The van der Waals surface area contributed by atoms with Crippen molar-refractivity contribution in [1.29, 1.82) is 0 Å². The molecule has 0 atom stereocenters. The van der Waals surface area contributed by atoms with E-state index in [9.17, 15) is 9.18 Å². The fraction of sp³-hybridized carbons (Fsp3) is 0.385. The van der Waals surface area contributed by atoms with Crippen LogP contribution in [-0.2, 0) is 11.3 Å². The molecule has 1 rings (SSSR count). The van der Waals surface area contributed by atoms with Crippen molar-refractivity contribution in [2.45, 2.75) is 26.3 Å². The molecule has 0 heterocycles. The molecule has 98 valence electrons. The van der Waals surface area contributed by atoms with Crippen LogP contribution in [0.15, 0.2) is 24.3 Å². The highest BCUT2D eigenvalue weighted by molar-refractivity contribution is 7.80. The average Bonchev–Trinajstić information content (AvgIpc) is 2.35. The van der Waals surface area contributed by atoms with Crippen LogP contribution in [-0.4, -0.2) is 22.3 Å². The normalized spacial score (nSPS) is 10.1. The summed E-state index contributed by atoms with van der Waals surface area (Å²) in [5, 5.41) is 0. The van der Waals surface area contributed by atoms with Crippen molar-refractivity contribution < 1.29 is 9.18 Å². The first-order valence-corrected chi connectivity index (χ1v) is 6.25. The molecule has 5 heteroatoms. The number of carbonyl (C=O) groups excluding carboxylic acids is 1. The van der Waals surface area contributed by atoms with Gasteiger partial charge in [-0.2, -0.15) is 0 Å². The minimum absolute atomic E-state index is 0.0329. The first-order valence-electron chi connectivity index (χ1n) is 5.84. The van der Waals surface area contributed by atoms with Gasteiger partial charge in [-0.05, 0) is 6.07 Å². The lowest BCUT2D eigenvalue weighted by atomic mass is 10.2. The fourth-order valence-corrected chi connectivity index (χ4v) is 1.68. The molecule has 3 nitrogen and oxygen atoms in total. The summed E-state index contributed by atoms with van der Waals surface area (Å²) >= 11 is 4.79. The van der Waals surface area contributed by atoms with Crippen molar-refractivity contribution in [3.63, 3.8) is 0 Å². The summed E-state index contributed by atoms with van der Waals surface area (Å²) in [6.07, 6.45) is 0.835. The monoisotopic (exact) mass is 268 g/mol. The van der Waals surface area contributed by atoms with Gasteiger partial charge in [0.1, 0.15) is 5.82 Å². The Balaban J connectivity index is 2.75. The molecule has 0 fully saturated rings. The summed E-state index contributed by atoms with van der Waals surface area (Å²) in [5.74, 6) is -0.337. The molecule has 1 aromatic rings. The topological polar surface area (TPSA) is 46.3 Å². The third-order valence-electron chi connectivity index (χ3n) is 2.60. The van der Waals surface area contributed by atoms with Crippen LogP contribution in [0.25, 0.3) is 0 Å². The molecular weight excluding hydrogens is 251 g/mol. The number of benzene rings is 1. The molecule has 0 radical (unpaired) electrons. The van der Waals surface area contributed by atoms with E-state index in [0.29, 0.717) is 29.9 Å². The van der Waals surface area contributed by atoms with E-state index < -0.39 is 0 Å². The van der Waals surface area contributed by atoms with Crippen LogP contribution < -0.4 is 5.73 Å². The van der Waals surface area contributed by atoms with Crippen LogP contribution in [0.5, 0.6) is 0 Å². The van der Waals surface area contributed by atoms with Gasteiger partial charge in [0.2, 0.25) is 5.91 Å².